The van der Waals surface area contributed by atoms with Crippen LogP contribution in [0.15, 0.2) is 18.2 Å². The molecule has 0 fully saturated rings. The smallest absolute Gasteiger partial charge is 0.0474 e. The van der Waals surface area contributed by atoms with Gasteiger partial charge in [-0.3, -0.25) is 0 Å². The van der Waals surface area contributed by atoms with Gasteiger partial charge in [0.2, 0.25) is 0 Å². The monoisotopic (exact) mass is 283 g/mol. The zero-order valence-electron chi connectivity index (χ0n) is 12.7. The molecule has 0 saturated heterocycles. The van der Waals surface area contributed by atoms with E-state index in [1.165, 1.54) is 5.69 Å². The Morgan fingerprint density at radius 1 is 1.21 bits per heavy atom. The van der Waals surface area contributed by atoms with E-state index in [4.69, 9.17) is 11.6 Å². The lowest BCUT2D eigenvalue weighted by atomic mass is 10.1. The maximum absolute atomic E-state index is 6.39. The van der Waals surface area contributed by atoms with Crippen LogP contribution in [0.5, 0.6) is 0 Å². The van der Waals surface area contributed by atoms with Crippen LogP contribution in [0.1, 0.15) is 25.5 Å². The van der Waals surface area contributed by atoms with E-state index in [9.17, 15) is 0 Å². The number of nitrogens with zero attached hydrogens (tertiary/aromatic N) is 2. The summed E-state index contributed by atoms with van der Waals surface area (Å²) in [5.74, 6) is 0. The topological polar surface area (TPSA) is 18.5 Å². The molecule has 1 rings (SSSR count). The fourth-order valence-corrected chi connectivity index (χ4v) is 2.34. The predicted octanol–water partition coefficient (Wildman–Crippen LogP) is 3.01. The Kier molecular flexibility index (Phi) is 6.63. The number of anilines is 1. The number of hydrogen-bond acceptors (Lipinski definition) is 3. The van der Waals surface area contributed by atoms with E-state index in [1.54, 1.807) is 0 Å². The molecule has 0 radical (unpaired) electrons. The van der Waals surface area contributed by atoms with Crippen molar-refractivity contribution in [2.45, 2.75) is 19.9 Å². The van der Waals surface area contributed by atoms with Crippen LogP contribution in [-0.4, -0.2) is 45.7 Å². The summed E-state index contributed by atoms with van der Waals surface area (Å²) in [5.41, 5.74) is 2.33. The summed E-state index contributed by atoms with van der Waals surface area (Å²) >= 11 is 6.39. The van der Waals surface area contributed by atoms with E-state index in [-0.39, 0.29) is 0 Å². The summed E-state index contributed by atoms with van der Waals surface area (Å²) in [6, 6.07) is 6.61. The molecule has 0 amide bonds. The maximum Gasteiger partial charge on any atom is 0.0474 e. The van der Waals surface area contributed by atoms with Crippen molar-refractivity contribution in [1.29, 1.82) is 0 Å². The van der Waals surface area contributed by atoms with Gasteiger partial charge in [-0.25, -0.2) is 0 Å². The summed E-state index contributed by atoms with van der Waals surface area (Å²) < 4.78 is 0. The highest BCUT2D eigenvalue weighted by atomic mass is 35.5. The van der Waals surface area contributed by atoms with Crippen LogP contribution in [0.3, 0.4) is 0 Å². The van der Waals surface area contributed by atoms with Gasteiger partial charge in [0.1, 0.15) is 0 Å². The van der Waals surface area contributed by atoms with Crippen LogP contribution in [0.2, 0.25) is 5.02 Å². The molecule has 0 spiro atoms. The average Bonchev–Trinajstić information content (AvgIpc) is 2.35. The standard InChI is InChI=1S/C15H26ClN3/c1-6-17-12(2)14-8-7-13(11-15(14)16)19(5)10-9-18(3)4/h7-8,11-12,17H,6,9-10H2,1-5H3. The average molecular weight is 284 g/mol. The van der Waals surface area contributed by atoms with Gasteiger partial charge >= 0.3 is 0 Å². The fraction of sp³-hybridized carbons (Fsp3) is 0.600. The van der Waals surface area contributed by atoms with Crippen molar-refractivity contribution in [3.8, 4) is 0 Å². The van der Waals surface area contributed by atoms with Gasteiger partial charge in [0, 0.05) is 36.9 Å². The Hall–Kier alpha value is -0.770. The third-order valence-corrected chi connectivity index (χ3v) is 3.61. The van der Waals surface area contributed by atoms with Crippen LogP contribution < -0.4 is 10.2 Å². The molecule has 108 valence electrons. The van der Waals surface area contributed by atoms with Gasteiger partial charge in [-0.15, -0.1) is 0 Å². The summed E-state index contributed by atoms with van der Waals surface area (Å²) in [5, 5.41) is 4.22. The molecule has 0 aliphatic heterocycles. The molecule has 0 aliphatic rings. The van der Waals surface area contributed by atoms with Crippen LogP contribution >= 0.6 is 11.6 Å². The van der Waals surface area contributed by atoms with Crippen molar-refractivity contribution in [3.63, 3.8) is 0 Å². The van der Waals surface area contributed by atoms with Gasteiger partial charge in [-0.1, -0.05) is 24.6 Å². The molecule has 1 N–H and O–H groups in total. The molecule has 4 heteroatoms. The zero-order chi connectivity index (χ0) is 14.4. The first-order valence-electron chi connectivity index (χ1n) is 6.84. The minimum Gasteiger partial charge on any atom is -0.373 e. The Morgan fingerprint density at radius 3 is 2.42 bits per heavy atom. The second kappa shape index (κ2) is 7.73. The van der Waals surface area contributed by atoms with Gasteiger partial charge < -0.3 is 15.1 Å². The third-order valence-electron chi connectivity index (χ3n) is 3.28. The van der Waals surface area contributed by atoms with Gasteiger partial charge in [-0.05, 0) is 45.3 Å². The van der Waals surface area contributed by atoms with E-state index in [0.717, 1.165) is 30.2 Å². The normalized spacial score (nSPS) is 12.8. The van der Waals surface area contributed by atoms with Gasteiger partial charge in [-0.2, -0.15) is 0 Å². The minimum absolute atomic E-state index is 0.290. The molecule has 1 atom stereocenters. The van der Waals surface area contributed by atoms with E-state index < -0.39 is 0 Å². The Balaban J connectivity index is 2.75. The summed E-state index contributed by atoms with van der Waals surface area (Å²) in [6.45, 7) is 7.21. The predicted molar refractivity (Wildman–Crippen MR) is 85.4 cm³/mol. The van der Waals surface area contributed by atoms with Gasteiger partial charge in [0.05, 0.1) is 0 Å². The molecular formula is C15H26ClN3. The molecule has 0 heterocycles. The number of nitrogens with one attached hydrogen (secondary N) is 1. The first kappa shape index (κ1) is 16.3. The van der Waals surface area contributed by atoms with Crippen molar-refractivity contribution in [2.75, 3.05) is 45.7 Å². The Morgan fingerprint density at radius 2 is 1.89 bits per heavy atom. The summed E-state index contributed by atoms with van der Waals surface area (Å²) in [7, 11) is 6.27. The largest absolute Gasteiger partial charge is 0.373 e. The molecule has 3 nitrogen and oxygen atoms in total. The molecule has 1 unspecified atom stereocenters. The number of rotatable bonds is 7. The van der Waals surface area contributed by atoms with Crippen molar-refractivity contribution in [3.05, 3.63) is 28.8 Å². The first-order chi connectivity index (χ1) is 8.95. The zero-order valence-corrected chi connectivity index (χ0v) is 13.5. The van der Waals surface area contributed by atoms with Crippen LogP contribution in [0.4, 0.5) is 5.69 Å². The highest BCUT2D eigenvalue weighted by Crippen LogP contribution is 2.27. The quantitative estimate of drug-likeness (QED) is 0.830. The van der Waals surface area contributed by atoms with Gasteiger partial charge in [0.25, 0.3) is 0 Å². The number of likely N-dealkylation sites (N-methyl/N-ethyl adjacent to an activating group) is 2. The maximum atomic E-state index is 6.39. The van der Waals surface area contributed by atoms with Crippen molar-refractivity contribution < 1.29 is 0 Å². The van der Waals surface area contributed by atoms with Crippen LogP contribution in [0, 0.1) is 0 Å². The Labute approximate surface area is 122 Å². The molecule has 1 aromatic rings. The lowest BCUT2D eigenvalue weighted by Crippen LogP contribution is -2.28. The Bertz CT molecular complexity index is 393. The molecule has 0 bridgehead atoms. The molecule has 0 aliphatic carbocycles. The lowest BCUT2D eigenvalue weighted by Gasteiger charge is -2.23. The van der Waals surface area contributed by atoms with E-state index in [1.807, 2.05) is 0 Å². The second-order valence-corrected chi connectivity index (χ2v) is 5.62. The SMILES string of the molecule is CCNC(C)c1ccc(N(C)CCN(C)C)cc1Cl. The lowest BCUT2D eigenvalue weighted by molar-refractivity contribution is 0.416. The fourth-order valence-electron chi connectivity index (χ4n) is 2.00. The van der Waals surface area contributed by atoms with E-state index in [0.29, 0.717) is 6.04 Å². The van der Waals surface area contributed by atoms with Crippen molar-refractivity contribution >= 4 is 17.3 Å². The van der Waals surface area contributed by atoms with Crippen LogP contribution in [0.25, 0.3) is 0 Å². The van der Waals surface area contributed by atoms with Gasteiger partial charge in [0.15, 0.2) is 0 Å². The first-order valence-corrected chi connectivity index (χ1v) is 7.22. The highest BCUT2D eigenvalue weighted by molar-refractivity contribution is 6.31. The molecule has 0 aromatic heterocycles. The van der Waals surface area contributed by atoms with E-state index in [2.05, 4.69) is 68.3 Å². The van der Waals surface area contributed by atoms with Crippen LogP contribution in [-0.2, 0) is 0 Å². The third kappa shape index (κ3) is 5.01. The second-order valence-electron chi connectivity index (χ2n) is 5.21. The molecule has 0 saturated carbocycles. The van der Waals surface area contributed by atoms with Crippen molar-refractivity contribution in [1.82, 2.24) is 10.2 Å². The number of benzene rings is 1. The number of hydrogen-bond donors (Lipinski definition) is 1. The van der Waals surface area contributed by atoms with E-state index >= 15 is 0 Å². The minimum atomic E-state index is 0.290. The summed E-state index contributed by atoms with van der Waals surface area (Å²) in [6.07, 6.45) is 0. The molecule has 19 heavy (non-hydrogen) atoms. The molecule has 1 aromatic carbocycles. The molecular weight excluding hydrogens is 258 g/mol. The highest BCUT2D eigenvalue weighted by Gasteiger charge is 2.10. The summed E-state index contributed by atoms with van der Waals surface area (Å²) in [4.78, 5) is 4.41. The number of halogens is 1. The van der Waals surface area contributed by atoms with Crippen molar-refractivity contribution in [2.24, 2.45) is 0 Å².